The van der Waals surface area contributed by atoms with Gasteiger partial charge in [-0.2, -0.15) is 0 Å². The Morgan fingerprint density at radius 1 is 1.05 bits per heavy atom. The molecule has 2 N–H and O–H groups in total. The lowest BCUT2D eigenvalue weighted by molar-refractivity contribution is 0.102. The molecule has 0 atom stereocenters. The summed E-state index contributed by atoms with van der Waals surface area (Å²) in [5.74, 6) is -0.114. The average molecular weight is 264 g/mol. The standard InChI is InChI=1S/C16H12N2O2/c19-12-5-1-4-11(10-12)18-16(20)14-6-2-8-15-13(14)7-3-9-17-15/h1-10,19H,(H,18,20). The molecule has 0 spiro atoms. The fraction of sp³-hybridized carbons (Fsp3) is 0. The molecule has 1 amide bonds. The predicted octanol–water partition coefficient (Wildman–Crippen LogP) is 3.19. The van der Waals surface area contributed by atoms with Crippen LogP contribution in [0.3, 0.4) is 0 Å². The molecule has 0 fully saturated rings. The Morgan fingerprint density at radius 2 is 1.90 bits per heavy atom. The number of hydrogen-bond donors (Lipinski definition) is 2. The summed E-state index contributed by atoms with van der Waals surface area (Å²) < 4.78 is 0. The highest BCUT2D eigenvalue weighted by atomic mass is 16.3. The molecule has 98 valence electrons. The van der Waals surface area contributed by atoms with Crippen LogP contribution in [-0.4, -0.2) is 16.0 Å². The summed E-state index contributed by atoms with van der Waals surface area (Å²) in [4.78, 5) is 16.5. The number of nitrogens with one attached hydrogen (secondary N) is 1. The van der Waals surface area contributed by atoms with Crippen LogP contribution in [0, 0.1) is 0 Å². The van der Waals surface area contributed by atoms with Crippen molar-refractivity contribution in [3.8, 4) is 5.75 Å². The van der Waals surface area contributed by atoms with Gasteiger partial charge < -0.3 is 10.4 Å². The van der Waals surface area contributed by atoms with Gasteiger partial charge in [0.15, 0.2) is 0 Å². The van der Waals surface area contributed by atoms with Gasteiger partial charge in [0.1, 0.15) is 5.75 Å². The van der Waals surface area contributed by atoms with E-state index in [2.05, 4.69) is 10.3 Å². The summed E-state index contributed by atoms with van der Waals surface area (Å²) in [6, 6.07) is 15.5. The molecule has 1 heterocycles. The topological polar surface area (TPSA) is 62.2 Å². The van der Waals surface area contributed by atoms with Gasteiger partial charge in [0.25, 0.3) is 5.91 Å². The van der Waals surface area contributed by atoms with Gasteiger partial charge in [-0.05, 0) is 30.3 Å². The third-order valence-electron chi connectivity index (χ3n) is 2.99. The molecule has 0 radical (unpaired) electrons. The Bertz CT molecular complexity index is 779. The molecule has 4 nitrogen and oxygen atoms in total. The fourth-order valence-corrected chi connectivity index (χ4v) is 2.08. The van der Waals surface area contributed by atoms with E-state index in [1.54, 1.807) is 42.6 Å². The van der Waals surface area contributed by atoms with E-state index >= 15 is 0 Å². The lowest BCUT2D eigenvalue weighted by atomic mass is 10.1. The normalized spacial score (nSPS) is 10.4. The summed E-state index contributed by atoms with van der Waals surface area (Å²) in [7, 11) is 0. The van der Waals surface area contributed by atoms with Crippen molar-refractivity contribution in [2.45, 2.75) is 0 Å². The number of anilines is 1. The summed E-state index contributed by atoms with van der Waals surface area (Å²) >= 11 is 0. The molecule has 0 unspecified atom stereocenters. The van der Waals surface area contributed by atoms with E-state index < -0.39 is 0 Å². The van der Waals surface area contributed by atoms with Crippen LogP contribution in [0.1, 0.15) is 10.4 Å². The molecular formula is C16H12N2O2. The molecule has 0 aliphatic carbocycles. The minimum absolute atomic E-state index is 0.113. The zero-order chi connectivity index (χ0) is 13.9. The quantitative estimate of drug-likeness (QED) is 0.747. The van der Waals surface area contributed by atoms with E-state index in [1.165, 1.54) is 6.07 Å². The summed E-state index contributed by atoms with van der Waals surface area (Å²) in [6.45, 7) is 0. The molecule has 3 rings (SSSR count). The van der Waals surface area contributed by atoms with Crippen molar-refractivity contribution in [2.75, 3.05) is 5.32 Å². The van der Waals surface area contributed by atoms with Crippen LogP contribution in [0.4, 0.5) is 5.69 Å². The number of carbonyl (C=O) groups is 1. The van der Waals surface area contributed by atoms with Gasteiger partial charge in [-0.15, -0.1) is 0 Å². The van der Waals surface area contributed by atoms with Crippen molar-refractivity contribution in [3.05, 3.63) is 66.4 Å². The fourth-order valence-electron chi connectivity index (χ4n) is 2.08. The number of pyridine rings is 1. The maximum absolute atomic E-state index is 12.3. The number of carbonyl (C=O) groups excluding carboxylic acids is 1. The number of rotatable bonds is 2. The summed E-state index contributed by atoms with van der Waals surface area (Å²) in [6.07, 6.45) is 1.69. The van der Waals surface area contributed by atoms with Gasteiger partial charge >= 0.3 is 0 Å². The van der Waals surface area contributed by atoms with E-state index in [9.17, 15) is 9.90 Å². The molecule has 0 bridgehead atoms. The smallest absolute Gasteiger partial charge is 0.256 e. The zero-order valence-electron chi connectivity index (χ0n) is 10.6. The van der Waals surface area contributed by atoms with Crippen LogP contribution in [-0.2, 0) is 0 Å². The van der Waals surface area contributed by atoms with Gasteiger partial charge in [-0.25, -0.2) is 0 Å². The molecule has 1 aromatic heterocycles. The minimum atomic E-state index is -0.228. The molecular weight excluding hydrogens is 252 g/mol. The van der Waals surface area contributed by atoms with Gasteiger partial charge in [-0.3, -0.25) is 9.78 Å². The lowest BCUT2D eigenvalue weighted by Gasteiger charge is -2.08. The molecule has 0 saturated carbocycles. The second-order valence-corrected chi connectivity index (χ2v) is 4.38. The SMILES string of the molecule is O=C(Nc1cccc(O)c1)c1cccc2ncccc12. The van der Waals surface area contributed by atoms with Crippen molar-refractivity contribution in [1.29, 1.82) is 0 Å². The second kappa shape index (κ2) is 5.01. The Morgan fingerprint density at radius 3 is 2.75 bits per heavy atom. The largest absolute Gasteiger partial charge is 0.508 e. The maximum atomic E-state index is 12.3. The Hall–Kier alpha value is -2.88. The summed E-state index contributed by atoms with van der Waals surface area (Å²) in [5, 5.41) is 13.0. The van der Waals surface area contributed by atoms with Gasteiger partial charge in [-0.1, -0.05) is 18.2 Å². The van der Waals surface area contributed by atoms with Crippen molar-refractivity contribution in [2.24, 2.45) is 0 Å². The van der Waals surface area contributed by atoms with E-state index in [-0.39, 0.29) is 11.7 Å². The number of nitrogens with zero attached hydrogens (tertiary/aromatic N) is 1. The highest BCUT2D eigenvalue weighted by molar-refractivity contribution is 6.12. The highest BCUT2D eigenvalue weighted by Gasteiger charge is 2.10. The number of aromatic hydroxyl groups is 1. The van der Waals surface area contributed by atoms with Crippen molar-refractivity contribution in [3.63, 3.8) is 0 Å². The van der Waals surface area contributed by atoms with Gasteiger partial charge in [0, 0.05) is 28.9 Å². The van der Waals surface area contributed by atoms with E-state index in [4.69, 9.17) is 0 Å². The molecule has 3 aromatic rings. The van der Waals surface area contributed by atoms with E-state index in [0.717, 1.165) is 10.9 Å². The first-order valence-corrected chi connectivity index (χ1v) is 6.18. The van der Waals surface area contributed by atoms with Crippen molar-refractivity contribution >= 4 is 22.5 Å². The van der Waals surface area contributed by atoms with Crippen LogP contribution in [0.15, 0.2) is 60.8 Å². The first-order valence-electron chi connectivity index (χ1n) is 6.18. The first kappa shape index (κ1) is 12.2. The van der Waals surface area contributed by atoms with Gasteiger partial charge in [0.2, 0.25) is 0 Å². The highest BCUT2D eigenvalue weighted by Crippen LogP contribution is 2.20. The molecule has 20 heavy (non-hydrogen) atoms. The number of phenolic OH excluding ortho intramolecular Hbond substituents is 1. The van der Waals surface area contributed by atoms with Crippen molar-refractivity contribution in [1.82, 2.24) is 4.98 Å². The molecule has 0 aliphatic heterocycles. The van der Waals surface area contributed by atoms with Crippen LogP contribution < -0.4 is 5.32 Å². The number of fused-ring (bicyclic) bond motifs is 1. The first-order chi connectivity index (χ1) is 9.74. The molecule has 2 aromatic carbocycles. The molecule has 4 heteroatoms. The minimum Gasteiger partial charge on any atom is -0.508 e. The summed E-state index contributed by atoms with van der Waals surface area (Å²) in [5.41, 5.74) is 1.88. The lowest BCUT2D eigenvalue weighted by Crippen LogP contribution is -2.12. The van der Waals surface area contributed by atoms with Crippen LogP contribution >= 0.6 is 0 Å². The number of phenols is 1. The monoisotopic (exact) mass is 264 g/mol. The van der Waals surface area contributed by atoms with Crippen LogP contribution in [0.25, 0.3) is 10.9 Å². The van der Waals surface area contributed by atoms with Gasteiger partial charge in [0.05, 0.1) is 5.52 Å². The molecule has 0 saturated heterocycles. The maximum Gasteiger partial charge on any atom is 0.256 e. The predicted molar refractivity (Wildman–Crippen MR) is 77.8 cm³/mol. The Balaban J connectivity index is 1.97. The van der Waals surface area contributed by atoms with E-state index in [0.29, 0.717) is 11.3 Å². The number of hydrogen-bond acceptors (Lipinski definition) is 3. The Kier molecular flexibility index (Phi) is 3.05. The third-order valence-corrected chi connectivity index (χ3v) is 2.99. The van der Waals surface area contributed by atoms with Crippen LogP contribution in [0.5, 0.6) is 5.75 Å². The van der Waals surface area contributed by atoms with Crippen LogP contribution in [0.2, 0.25) is 0 Å². The zero-order valence-corrected chi connectivity index (χ0v) is 10.6. The molecule has 0 aliphatic rings. The second-order valence-electron chi connectivity index (χ2n) is 4.38. The van der Waals surface area contributed by atoms with E-state index in [1.807, 2.05) is 12.1 Å². The van der Waals surface area contributed by atoms with Crippen molar-refractivity contribution < 1.29 is 9.90 Å². The number of amides is 1. The average Bonchev–Trinajstić information content (AvgIpc) is 2.46. The number of aromatic nitrogens is 1. The number of benzene rings is 2. The third kappa shape index (κ3) is 2.31. The Labute approximate surface area is 115 Å².